The van der Waals surface area contributed by atoms with Crippen molar-refractivity contribution in [3.8, 4) is 17.5 Å². The summed E-state index contributed by atoms with van der Waals surface area (Å²) in [5.41, 5.74) is 8.14. The van der Waals surface area contributed by atoms with Gasteiger partial charge in [-0.05, 0) is 70.2 Å². The second-order valence-corrected chi connectivity index (χ2v) is 10.3. The lowest BCUT2D eigenvalue weighted by atomic mass is 9.97. The highest BCUT2D eigenvalue weighted by Gasteiger charge is 2.25. The number of nitrogens with one attached hydrogen (secondary N) is 1. The molecule has 0 aliphatic carbocycles. The van der Waals surface area contributed by atoms with Gasteiger partial charge in [0.2, 0.25) is 0 Å². The van der Waals surface area contributed by atoms with Crippen LogP contribution in [0.2, 0.25) is 0 Å². The van der Waals surface area contributed by atoms with Crippen LogP contribution in [-0.2, 0) is 0 Å². The molecular formula is C31H30N8O2. The van der Waals surface area contributed by atoms with Crippen LogP contribution in [0.5, 0.6) is 0 Å². The number of likely N-dealkylation sites (tertiary alicyclic amines) is 1. The molecule has 3 N–H and O–H groups in total. The van der Waals surface area contributed by atoms with E-state index in [1.807, 2.05) is 42.5 Å². The average molecular weight is 547 g/mol. The number of rotatable bonds is 4. The highest BCUT2D eigenvalue weighted by Crippen LogP contribution is 2.22. The average Bonchev–Trinajstić information content (AvgIpc) is 3.32. The molecule has 6 rings (SSSR count). The Bertz CT molecular complexity index is 1880. The molecule has 1 saturated heterocycles. The lowest BCUT2D eigenvalue weighted by molar-refractivity contribution is 0.0940. The largest absolute Gasteiger partial charge is 0.381 e. The highest BCUT2D eigenvalue weighted by atomic mass is 16.2. The van der Waals surface area contributed by atoms with Crippen LogP contribution < -0.4 is 16.6 Å². The molecule has 0 saturated carbocycles. The maximum absolute atomic E-state index is 14.2. The van der Waals surface area contributed by atoms with Gasteiger partial charge in [-0.3, -0.25) is 14.2 Å². The van der Waals surface area contributed by atoms with E-state index in [1.54, 1.807) is 36.0 Å². The SMILES string of the molecule is C[C@@H](NC(=O)c1c(N)nn2cccnc12)c1nc2cccc(C#CC3CCN(C)CC3)c2c(=O)n1-c1ccccc1. The number of aromatic nitrogens is 5. The Kier molecular flexibility index (Phi) is 6.95. The Hall–Kier alpha value is -5.01. The molecule has 5 aromatic rings. The van der Waals surface area contributed by atoms with Gasteiger partial charge in [0.1, 0.15) is 11.4 Å². The van der Waals surface area contributed by atoms with E-state index < -0.39 is 11.9 Å². The number of fused-ring (bicyclic) bond motifs is 2. The second-order valence-electron chi connectivity index (χ2n) is 10.3. The molecule has 0 radical (unpaired) electrons. The minimum Gasteiger partial charge on any atom is -0.381 e. The van der Waals surface area contributed by atoms with E-state index in [4.69, 9.17) is 10.7 Å². The summed E-state index contributed by atoms with van der Waals surface area (Å²) in [5.74, 6) is 6.97. The van der Waals surface area contributed by atoms with Crippen LogP contribution in [0.4, 0.5) is 5.82 Å². The van der Waals surface area contributed by atoms with Gasteiger partial charge in [-0.2, -0.15) is 0 Å². The molecular weight excluding hydrogens is 516 g/mol. The van der Waals surface area contributed by atoms with E-state index in [0.717, 1.165) is 25.9 Å². The number of amides is 1. The van der Waals surface area contributed by atoms with Crippen LogP contribution in [0.15, 0.2) is 71.8 Å². The van der Waals surface area contributed by atoms with E-state index in [1.165, 1.54) is 4.52 Å². The van der Waals surface area contributed by atoms with Crippen LogP contribution >= 0.6 is 0 Å². The number of nitrogens with two attached hydrogens (primary N) is 1. The van der Waals surface area contributed by atoms with Gasteiger partial charge in [-0.25, -0.2) is 14.5 Å². The number of carbonyl (C=O) groups excluding carboxylic acids is 1. The van der Waals surface area contributed by atoms with Gasteiger partial charge < -0.3 is 16.0 Å². The standard InChI is InChI=1S/C31H30N8O2/c1-20(34-30(40)26-27(32)36-38-17-7-16-33-29(26)38)28-35-24-11-6-8-22(13-12-21-14-18-37(2)19-15-21)25(24)31(41)39(28)23-9-4-3-5-10-23/h3-11,16-17,20-21H,14-15,18-19H2,1-2H3,(H2,32,36)(H,34,40)/t20-/m1/s1. The summed E-state index contributed by atoms with van der Waals surface area (Å²) >= 11 is 0. The van der Waals surface area contributed by atoms with Crippen molar-refractivity contribution in [2.75, 3.05) is 25.9 Å². The first-order valence-electron chi connectivity index (χ1n) is 13.6. The zero-order valence-electron chi connectivity index (χ0n) is 22.9. The summed E-state index contributed by atoms with van der Waals surface area (Å²) in [5, 5.41) is 7.59. The molecule has 3 aromatic heterocycles. The third kappa shape index (κ3) is 5.03. The number of piperidine rings is 1. The summed E-state index contributed by atoms with van der Waals surface area (Å²) in [6, 6.07) is 15.9. The summed E-state index contributed by atoms with van der Waals surface area (Å²) in [4.78, 5) is 39.1. The summed E-state index contributed by atoms with van der Waals surface area (Å²) in [6.07, 6.45) is 5.26. The van der Waals surface area contributed by atoms with E-state index in [0.29, 0.717) is 39.5 Å². The van der Waals surface area contributed by atoms with E-state index in [-0.39, 0.29) is 16.9 Å². The van der Waals surface area contributed by atoms with Crippen LogP contribution in [0.3, 0.4) is 0 Å². The quantitative estimate of drug-likeness (QED) is 0.332. The van der Waals surface area contributed by atoms with Gasteiger partial charge in [0, 0.05) is 23.9 Å². The van der Waals surface area contributed by atoms with E-state index >= 15 is 0 Å². The van der Waals surface area contributed by atoms with Crippen molar-refractivity contribution < 1.29 is 4.79 Å². The van der Waals surface area contributed by atoms with E-state index in [2.05, 4.69) is 39.2 Å². The number of hydrogen-bond acceptors (Lipinski definition) is 7. The zero-order chi connectivity index (χ0) is 28.5. The first-order chi connectivity index (χ1) is 19.9. The Balaban J connectivity index is 1.43. The van der Waals surface area contributed by atoms with Crippen LogP contribution in [0.1, 0.15) is 47.6 Å². The predicted molar refractivity (Wildman–Crippen MR) is 158 cm³/mol. The Morgan fingerprint density at radius 1 is 1.10 bits per heavy atom. The minimum absolute atomic E-state index is 0.0631. The van der Waals surface area contributed by atoms with Crippen molar-refractivity contribution in [2.45, 2.75) is 25.8 Å². The fraction of sp³-hybridized carbons (Fsp3) is 0.258. The maximum atomic E-state index is 14.2. The second kappa shape index (κ2) is 10.9. The van der Waals surface area contributed by atoms with Gasteiger partial charge in [0.05, 0.1) is 22.6 Å². The summed E-state index contributed by atoms with van der Waals surface area (Å²) in [6.45, 7) is 3.81. The van der Waals surface area contributed by atoms with Crippen molar-refractivity contribution in [1.82, 2.24) is 34.4 Å². The maximum Gasteiger partial charge on any atom is 0.267 e. The molecule has 1 amide bonds. The lowest BCUT2D eigenvalue weighted by Gasteiger charge is -2.25. The van der Waals surface area contributed by atoms with Crippen LogP contribution in [0, 0.1) is 17.8 Å². The van der Waals surface area contributed by atoms with Gasteiger partial charge in [0.25, 0.3) is 11.5 Å². The fourth-order valence-corrected chi connectivity index (χ4v) is 5.26. The third-order valence-electron chi connectivity index (χ3n) is 7.45. The van der Waals surface area contributed by atoms with Gasteiger partial charge in [-0.1, -0.05) is 36.1 Å². The van der Waals surface area contributed by atoms with E-state index in [9.17, 15) is 9.59 Å². The van der Waals surface area contributed by atoms with Crippen molar-refractivity contribution >= 4 is 28.3 Å². The first-order valence-corrected chi connectivity index (χ1v) is 13.6. The molecule has 1 aliphatic heterocycles. The molecule has 1 atom stereocenters. The number of anilines is 1. The fourth-order valence-electron chi connectivity index (χ4n) is 5.26. The predicted octanol–water partition coefficient (Wildman–Crippen LogP) is 3.19. The molecule has 206 valence electrons. The van der Waals surface area contributed by atoms with Gasteiger partial charge in [-0.15, -0.1) is 5.10 Å². The third-order valence-corrected chi connectivity index (χ3v) is 7.45. The Labute approximate surface area is 236 Å². The molecule has 1 fully saturated rings. The van der Waals surface area contributed by atoms with Crippen LogP contribution in [0.25, 0.3) is 22.2 Å². The first kappa shape index (κ1) is 26.2. The van der Waals surface area contributed by atoms with Gasteiger partial charge >= 0.3 is 0 Å². The molecule has 10 heteroatoms. The summed E-state index contributed by atoms with van der Waals surface area (Å²) < 4.78 is 3.00. The number of nitrogen functional groups attached to an aromatic ring is 1. The van der Waals surface area contributed by atoms with Gasteiger partial charge in [0.15, 0.2) is 11.5 Å². The number of para-hydroxylation sites is 1. The normalized spacial score (nSPS) is 15.0. The molecule has 4 heterocycles. The molecule has 0 bridgehead atoms. The molecule has 10 nitrogen and oxygen atoms in total. The number of hydrogen-bond donors (Lipinski definition) is 2. The van der Waals surface area contributed by atoms with Crippen LogP contribution in [-0.4, -0.2) is 55.1 Å². The molecule has 2 aromatic carbocycles. The molecule has 1 aliphatic rings. The monoisotopic (exact) mass is 546 g/mol. The smallest absolute Gasteiger partial charge is 0.267 e. The van der Waals surface area contributed by atoms with Crippen molar-refractivity contribution in [2.24, 2.45) is 5.92 Å². The molecule has 0 unspecified atom stereocenters. The lowest BCUT2D eigenvalue weighted by Crippen LogP contribution is -2.33. The summed E-state index contributed by atoms with van der Waals surface area (Å²) in [7, 11) is 2.12. The number of carbonyl (C=O) groups is 1. The molecule has 0 spiro atoms. The Morgan fingerprint density at radius 2 is 1.88 bits per heavy atom. The number of nitrogens with zero attached hydrogens (tertiary/aromatic N) is 6. The number of benzene rings is 2. The topological polar surface area (TPSA) is 123 Å². The minimum atomic E-state index is -0.660. The van der Waals surface area contributed by atoms with Crippen molar-refractivity contribution in [3.05, 3.63) is 94.3 Å². The Morgan fingerprint density at radius 3 is 2.66 bits per heavy atom. The molecule has 41 heavy (non-hydrogen) atoms. The van der Waals surface area contributed by atoms with Crippen molar-refractivity contribution in [1.29, 1.82) is 0 Å². The van der Waals surface area contributed by atoms with Crippen molar-refractivity contribution in [3.63, 3.8) is 0 Å². The zero-order valence-corrected chi connectivity index (χ0v) is 22.9. The highest BCUT2D eigenvalue weighted by molar-refractivity contribution is 6.04.